The van der Waals surface area contributed by atoms with Crippen LogP contribution in [0.25, 0.3) is 0 Å². The first-order valence-electron chi connectivity index (χ1n) is 8.77. The van der Waals surface area contributed by atoms with Crippen LogP contribution < -0.4 is 9.47 Å². The van der Waals surface area contributed by atoms with Gasteiger partial charge in [0.25, 0.3) is 0 Å². The minimum absolute atomic E-state index is 0.0771. The van der Waals surface area contributed by atoms with E-state index in [1.807, 2.05) is 0 Å². The van der Waals surface area contributed by atoms with Crippen LogP contribution in [0.15, 0.2) is 6.07 Å². The average molecular weight is 302 g/mol. The summed E-state index contributed by atoms with van der Waals surface area (Å²) in [5.41, 5.74) is 3.91. The van der Waals surface area contributed by atoms with Gasteiger partial charge in [0, 0.05) is 12.0 Å². The summed E-state index contributed by atoms with van der Waals surface area (Å²) < 4.78 is 18.3. The topological polar surface area (TPSA) is 27.7 Å². The number of rotatable bonds is 2. The Hall–Kier alpha value is -1.22. The number of hydrogen-bond acceptors (Lipinski definition) is 3. The van der Waals surface area contributed by atoms with Crippen LogP contribution in [-0.2, 0) is 11.2 Å². The Morgan fingerprint density at radius 3 is 2.68 bits per heavy atom. The van der Waals surface area contributed by atoms with Crippen molar-refractivity contribution in [2.45, 2.75) is 77.1 Å². The molecule has 2 fully saturated rings. The Morgan fingerprint density at radius 1 is 1.14 bits per heavy atom. The van der Waals surface area contributed by atoms with Gasteiger partial charge in [0.1, 0.15) is 17.1 Å². The van der Waals surface area contributed by atoms with E-state index in [1.54, 1.807) is 0 Å². The van der Waals surface area contributed by atoms with Gasteiger partial charge in [-0.1, -0.05) is 0 Å². The van der Waals surface area contributed by atoms with Crippen LogP contribution in [0.1, 0.15) is 61.6 Å². The third-order valence-corrected chi connectivity index (χ3v) is 5.61. The summed E-state index contributed by atoms with van der Waals surface area (Å²) in [6.45, 7) is 5.11. The molecule has 0 bridgehead atoms. The van der Waals surface area contributed by atoms with Crippen molar-refractivity contribution in [3.63, 3.8) is 0 Å². The van der Waals surface area contributed by atoms with Crippen molar-refractivity contribution in [1.82, 2.24) is 0 Å². The summed E-state index contributed by atoms with van der Waals surface area (Å²) in [5.74, 6) is 2.11. The summed E-state index contributed by atoms with van der Waals surface area (Å²) in [5, 5.41) is 0. The summed E-state index contributed by atoms with van der Waals surface area (Å²) in [4.78, 5) is 0. The second kappa shape index (κ2) is 5.45. The van der Waals surface area contributed by atoms with Crippen molar-refractivity contribution < 1.29 is 14.2 Å². The number of aryl methyl sites for hydroxylation is 1. The van der Waals surface area contributed by atoms with E-state index < -0.39 is 0 Å². The molecule has 1 spiro atoms. The van der Waals surface area contributed by atoms with Crippen LogP contribution in [0.4, 0.5) is 0 Å². The lowest BCUT2D eigenvalue weighted by molar-refractivity contribution is -0.106. The third-order valence-electron chi connectivity index (χ3n) is 5.61. The van der Waals surface area contributed by atoms with Crippen molar-refractivity contribution in [2.75, 3.05) is 6.61 Å². The van der Waals surface area contributed by atoms with Gasteiger partial charge in [-0.2, -0.15) is 0 Å². The van der Waals surface area contributed by atoms with Gasteiger partial charge in [0.05, 0.1) is 6.61 Å². The molecule has 120 valence electrons. The predicted octanol–water partition coefficient (Wildman–Crippen LogP) is 4.46. The van der Waals surface area contributed by atoms with E-state index in [-0.39, 0.29) is 11.9 Å². The summed E-state index contributed by atoms with van der Waals surface area (Å²) in [6, 6.07) is 2.18. The maximum atomic E-state index is 6.38. The first-order valence-corrected chi connectivity index (χ1v) is 8.77. The van der Waals surface area contributed by atoms with Gasteiger partial charge < -0.3 is 14.2 Å². The maximum Gasteiger partial charge on any atom is 0.199 e. The lowest BCUT2D eigenvalue weighted by Gasteiger charge is -2.45. The van der Waals surface area contributed by atoms with Crippen LogP contribution in [0.5, 0.6) is 11.5 Å². The Labute approximate surface area is 132 Å². The fraction of sp³-hybridized carbons (Fsp3) is 0.684. The maximum absolute atomic E-state index is 6.38. The number of ether oxygens (including phenoxy) is 3. The second-order valence-electron chi connectivity index (χ2n) is 7.18. The van der Waals surface area contributed by atoms with E-state index in [1.165, 1.54) is 42.4 Å². The molecule has 0 aromatic heterocycles. The Kier molecular flexibility index (Phi) is 3.56. The summed E-state index contributed by atoms with van der Waals surface area (Å²) >= 11 is 0. The number of fused-ring (bicyclic) bond motifs is 1. The Balaban J connectivity index is 1.60. The SMILES string of the molecule is Cc1cc2c(c(C)c1OC1CCCCO1)CCC1(CCC1)O2. The van der Waals surface area contributed by atoms with Gasteiger partial charge in [-0.05, 0) is 76.0 Å². The standard InChI is InChI=1S/C19H26O3/c1-13-12-16-15(7-10-19(22-16)8-5-9-19)14(2)18(13)21-17-6-3-4-11-20-17/h12,17H,3-11H2,1-2H3. The van der Waals surface area contributed by atoms with E-state index in [0.717, 1.165) is 43.8 Å². The highest BCUT2D eigenvalue weighted by Crippen LogP contribution is 2.47. The van der Waals surface area contributed by atoms with Crippen molar-refractivity contribution in [3.8, 4) is 11.5 Å². The Bertz CT molecular complexity index is 569. The zero-order chi connectivity index (χ0) is 15.2. The van der Waals surface area contributed by atoms with E-state index in [2.05, 4.69) is 19.9 Å². The lowest BCUT2D eigenvalue weighted by atomic mass is 9.74. The Morgan fingerprint density at radius 2 is 2.00 bits per heavy atom. The summed E-state index contributed by atoms with van der Waals surface area (Å²) in [7, 11) is 0. The molecule has 22 heavy (non-hydrogen) atoms. The first-order chi connectivity index (χ1) is 10.7. The highest BCUT2D eigenvalue weighted by Gasteiger charge is 2.42. The van der Waals surface area contributed by atoms with Crippen LogP contribution in [0, 0.1) is 13.8 Å². The molecular formula is C19H26O3. The molecule has 1 aromatic rings. The highest BCUT2D eigenvalue weighted by atomic mass is 16.7. The van der Waals surface area contributed by atoms with Crippen molar-refractivity contribution in [2.24, 2.45) is 0 Å². The zero-order valence-corrected chi connectivity index (χ0v) is 13.7. The van der Waals surface area contributed by atoms with Crippen LogP contribution in [0.2, 0.25) is 0 Å². The molecule has 0 amide bonds. The lowest BCUT2D eigenvalue weighted by Crippen LogP contribution is -2.45. The molecule has 1 aliphatic carbocycles. The van der Waals surface area contributed by atoms with Crippen molar-refractivity contribution >= 4 is 0 Å². The van der Waals surface area contributed by atoms with Gasteiger partial charge in [-0.3, -0.25) is 0 Å². The summed E-state index contributed by atoms with van der Waals surface area (Å²) in [6.07, 6.45) is 9.29. The number of benzene rings is 1. The highest BCUT2D eigenvalue weighted by molar-refractivity contribution is 5.54. The van der Waals surface area contributed by atoms with Gasteiger partial charge in [-0.25, -0.2) is 0 Å². The fourth-order valence-corrected chi connectivity index (χ4v) is 4.05. The molecule has 4 rings (SSSR count). The normalized spacial score (nSPS) is 26.0. The average Bonchev–Trinajstić information content (AvgIpc) is 2.50. The van der Waals surface area contributed by atoms with Gasteiger partial charge >= 0.3 is 0 Å². The van der Waals surface area contributed by atoms with E-state index in [9.17, 15) is 0 Å². The number of hydrogen-bond donors (Lipinski definition) is 0. The molecule has 1 saturated heterocycles. The zero-order valence-electron chi connectivity index (χ0n) is 13.7. The molecule has 2 heterocycles. The molecule has 1 aromatic carbocycles. The molecule has 3 nitrogen and oxygen atoms in total. The first kappa shape index (κ1) is 14.4. The molecule has 1 saturated carbocycles. The smallest absolute Gasteiger partial charge is 0.199 e. The molecule has 3 aliphatic rings. The minimum Gasteiger partial charge on any atom is -0.487 e. The van der Waals surface area contributed by atoms with Crippen molar-refractivity contribution in [3.05, 3.63) is 22.8 Å². The third kappa shape index (κ3) is 2.40. The van der Waals surface area contributed by atoms with E-state index in [4.69, 9.17) is 14.2 Å². The molecule has 0 N–H and O–H groups in total. The van der Waals surface area contributed by atoms with Crippen LogP contribution >= 0.6 is 0 Å². The molecular weight excluding hydrogens is 276 g/mol. The fourth-order valence-electron chi connectivity index (χ4n) is 4.05. The van der Waals surface area contributed by atoms with Crippen LogP contribution in [-0.4, -0.2) is 18.5 Å². The van der Waals surface area contributed by atoms with Gasteiger partial charge in [0.15, 0.2) is 6.29 Å². The molecule has 2 aliphatic heterocycles. The van der Waals surface area contributed by atoms with E-state index in [0.29, 0.717) is 0 Å². The molecule has 3 heteroatoms. The molecule has 0 radical (unpaired) electrons. The second-order valence-corrected chi connectivity index (χ2v) is 7.18. The molecule has 1 atom stereocenters. The van der Waals surface area contributed by atoms with E-state index >= 15 is 0 Å². The van der Waals surface area contributed by atoms with Crippen LogP contribution in [0.3, 0.4) is 0 Å². The quantitative estimate of drug-likeness (QED) is 0.807. The largest absolute Gasteiger partial charge is 0.487 e. The predicted molar refractivity (Wildman–Crippen MR) is 85.7 cm³/mol. The van der Waals surface area contributed by atoms with Gasteiger partial charge in [0.2, 0.25) is 0 Å². The minimum atomic E-state index is -0.0771. The van der Waals surface area contributed by atoms with Gasteiger partial charge in [-0.15, -0.1) is 0 Å². The molecule has 1 unspecified atom stereocenters. The monoisotopic (exact) mass is 302 g/mol. The van der Waals surface area contributed by atoms with Crippen molar-refractivity contribution in [1.29, 1.82) is 0 Å².